The molecule has 3 aliphatic rings. The van der Waals surface area contributed by atoms with Gasteiger partial charge in [-0.1, -0.05) is 30.3 Å². The molecule has 0 spiro atoms. The Bertz CT molecular complexity index is 1600. The molecule has 3 aromatic heterocycles. The number of hydrogen-bond donors (Lipinski definition) is 1. The van der Waals surface area contributed by atoms with Crippen LogP contribution in [0, 0.1) is 16.7 Å². The SMILES string of the molecule is C=C/C(Cl)=C\C(=C/C)C1(CC#N)CN(c2cccn3nc(Nc4cnn(CC(=O)N5CCN(C6COC6)CC5)c4)nc23)C1. The second kappa shape index (κ2) is 12.2. The Morgan fingerprint density at radius 3 is 2.77 bits per heavy atom. The quantitative estimate of drug-likeness (QED) is 0.349. The van der Waals surface area contributed by atoms with Gasteiger partial charge < -0.3 is 19.9 Å². The molecule has 12 nitrogen and oxygen atoms in total. The summed E-state index contributed by atoms with van der Waals surface area (Å²) in [6, 6.07) is 6.79. The molecule has 0 radical (unpaired) electrons. The third-order valence-corrected chi connectivity index (χ3v) is 8.75. The first-order valence-corrected chi connectivity index (χ1v) is 14.8. The van der Waals surface area contributed by atoms with Gasteiger partial charge >= 0.3 is 0 Å². The topological polar surface area (TPSA) is 120 Å². The molecule has 1 amide bonds. The maximum Gasteiger partial charge on any atom is 0.247 e. The molecule has 0 unspecified atom stereocenters. The summed E-state index contributed by atoms with van der Waals surface area (Å²) < 4.78 is 8.67. The highest BCUT2D eigenvalue weighted by Crippen LogP contribution is 2.45. The molecule has 6 rings (SSSR count). The Morgan fingerprint density at radius 2 is 2.09 bits per heavy atom. The molecule has 0 saturated carbocycles. The summed E-state index contributed by atoms with van der Waals surface area (Å²) in [7, 11) is 0. The standard InChI is InChI=1S/C30H35ClN10O2/c1-3-22(14-23(31)4-2)30(7-8-32)20-39(21-30)26-6-5-9-41-28(26)35-29(36-41)34-24-15-33-40(16-24)17-27(42)38-12-10-37(11-13-38)25-18-43-19-25/h3-6,9,14-16,25H,2,7,10-13,17-21H2,1H3,(H,34,36)/b22-3+,23-14+. The number of allylic oxidation sites excluding steroid dienone is 4. The van der Waals surface area contributed by atoms with Crippen LogP contribution in [0.4, 0.5) is 17.3 Å². The Kier molecular flexibility index (Phi) is 8.21. The number of halogens is 1. The zero-order chi connectivity index (χ0) is 30.0. The number of hydrogen-bond acceptors (Lipinski definition) is 9. The molecule has 0 aromatic carbocycles. The molecule has 0 atom stereocenters. The number of rotatable bonds is 10. The molecule has 0 bridgehead atoms. The second-order valence-electron chi connectivity index (χ2n) is 11.2. The summed E-state index contributed by atoms with van der Waals surface area (Å²) >= 11 is 6.26. The van der Waals surface area contributed by atoms with Crippen molar-refractivity contribution in [2.45, 2.75) is 25.9 Å². The molecule has 1 N–H and O–H groups in total. The molecule has 224 valence electrons. The lowest BCUT2D eigenvalue weighted by Crippen LogP contribution is -2.57. The average Bonchev–Trinajstić information content (AvgIpc) is 3.59. The Labute approximate surface area is 255 Å². The van der Waals surface area contributed by atoms with Gasteiger partial charge in [0.15, 0.2) is 5.65 Å². The third kappa shape index (κ3) is 5.88. The average molecular weight is 603 g/mol. The van der Waals surface area contributed by atoms with E-state index in [0.717, 1.165) is 50.7 Å². The van der Waals surface area contributed by atoms with Crippen LogP contribution in [0.1, 0.15) is 13.3 Å². The number of nitrogens with zero attached hydrogens (tertiary/aromatic N) is 9. The minimum Gasteiger partial charge on any atom is -0.378 e. The lowest BCUT2D eigenvalue weighted by molar-refractivity contribution is -0.136. The molecular weight excluding hydrogens is 568 g/mol. The van der Waals surface area contributed by atoms with Gasteiger partial charge in [-0.3, -0.25) is 14.4 Å². The van der Waals surface area contributed by atoms with Crippen LogP contribution in [0.15, 0.2) is 66.1 Å². The third-order valence-electron chi connectivity index (χ3n) is 8.49. The molecule has 43 heavy (non-hydrogen) atoms. The second-order valence-corrected chi connectivity index (χ2v) is 11.6. The first kappa shape index (κ1) is 28.9. The largest absolute Gasteiger partial charge is 0.378 e. The number of nitriles is 1. The van der Waals surface area contributed by atoms with Crippen LogP contribution in [0.3, 0.4) is 0 Å². The van der Waals surface area contributed by atoms with E-state index in [4.69, 9.17) is 21.3 Å². The van der Waals surface area contributed by atoms with Gasteiger partial charge in [-0.25, -0.2) is 4.52 Å². The summed E-state index contributed by atoms with van der Waals surface area (Å²) in [4.78, 5) is 24.2. The van der Waals surface area contributed by atoms with E-state index in [1.807, 2.05) is 42.3 Å². The molecular formula is C30H35ClN10O2. The van der Waals surface area contributed by atoms with Crippen molar-refractivity contribution in [1.29, 1.82) is 5.26 Å². The number of carbonyl (C=O) groups is 1. The molecule has 3 aromatic rings. The van der Waals surface area contributed by atoms with Crippen molar-refractivity contribution in [3.63, 3.8) is 0 Å². The van der Waals surface area contributed by atoms with E-state index in [9.17, 15) is 10.1 Å². The van der Waals surface area contributed by atoms with Crippen molar-refractivity contribution in [3.05, 3.63) is 66.1 Å². The predicted octanol–water partition coefficient (Wildman–Crippen LogP) is 3.19. The zero-order valence-corrected chi connectivity index (χ0v) is 24.9. The van der Waals surface area contributed by atoms with Crippen LogP contribution < -0.4 is 10.2 Å². The van der Waals surface area contributed by atoms with Gasteiger partial charge in [0.05, 0.1) is 42.9 Å². The number of piperazine rings is 1. The monoisotopic (exact) mass is 602 g/mol. The number of aromatic nitrogens is 5. The van der Waals surface area contributed by atoms with Crippen LogP contribution in [0.2, 0.25) is 0 Å². The first-order valence-electron chi connectivity index (χ1n) is 14.4. The van der Waals surface area contributed by atoms with Gasteiger partial charge in [-0.05, 0) is 30.7 Å². The van der Waals surface area contributed by atoms with Gasteiger partial charge in [0.1, 0.15) is 6.54 Å². The van der Waals surface area contributed by atoms with Crippen LogP contribution in [-0.2, 0) is 16.1 Å². The molecule has 6 heterocycles. The van der Waals surface area contributed by atoms with Crippen molar-refractivity contribution in [2.75, 3.05) is 62.7 Å². The summed E-state index contributed by atoms with van der Waals surface area (Å²) in [6.07, 6.45) is 11.2. The highest BCUT2D eigenvalue weighted by molar-refractivity contribution is 6.31. The summed E-state index contributed by atoms with van der Waals surface area (Å²) in [6.45, 7) is 12.0. The molecule has 3 aliphatic heterocycles. The lowest BCUT2D eigenvalue weighted by atomic mass is 9.70. The minimum atomic E-state index is -0.328. The van der Waals surface area contributed by atoms with Crippen LogP contribution in [0.25, 0.3) is 5.65 Å². The van der Waals surface area contributed by atoms with E-state index < -0.39 is 0 Å². The van der Waals surface area contributed by atoms with Crippen LogP contribution in [0.5, 0.6) is 0 Å². The number of carbonyl (C=O) groups excluding carboxylic acids is 1. The van der Waals surface area contributed by atoms with Gasteiger partial charge in [0, 0.05) is 68.5 Å². The Hall–Kier alpha value is -4.18. The van der Waals surface area contributed by atoms with Crippen molar-refractivity contribution in [1.82, 2.24) is 34.2 Å². The van der Waals surface area contributed by atoms with Crippen molar-refractivity contribution in [2.24, 2.45) is 5.41 Å². The number of amides is 1. The maximum atomic E-state index is 12.9. The Morgan fingerprint density at radius 1 is 1.30 bits per heavy atom. The van der Waals surface area contributed by atoms with Gasteiger partial charge in [0.2, 0.25) is 11.9 Å². The number of fused-ring (bicyclic) bond motifs is 1. The van der Waals surface area contributed by atoms with E-state index in [1.165, 1.54) is 0 Å². The molecule has 13 heteroatoms. The van der Waals surface area contributed by atoms with Gasteiger partial charge in [-0.2, -0.15) is 15.3 Å². The Balaban J connectivity index is 1.10. The number of pyridine rings is 1. The normalized spacial score (nSPS) is 19.6. The van der Waals surface area contributed by atoms with Crippen molar-refractivity contribution < 1.29 is 9.53 Å². The smallest absolute Gasteiger partial charge is 0.247 e. The first-order chi connectivity index (χ1) is 20.9. The summed E-state index contributed by atoms with van der Waals surface area (Å²) in [5.74, 6) is 0.480. The van der Waals surface area contributed by atoms with Gasteiger partial charge in [0.25, 0.3) is 0 Å². The van der Waals surface area contributed by atoms with Crippen LogP contribution >= 0.6 is 11.6 Å². The van der Waals surface area contributed by atoms with E-state index in [2.05, 4.69) is 38.0 Å². The lowest BCUT2D eigenvalue weighted by Gasteiger charge is -2.51. The molecule has 3 saturated heterocycles. The number of ether oxygens (including phenoxy) is 1. The molecule has 0 aliphatic carbocycles. The number of anilines is 3. The fraction of sp³-hybridized carbons (Fsp3) is 0.433. The van der Waals surface area contributed by atoms with E-state index in [1.54, 1.807) is 27.7 Å². The van der Waals surface area contributed by atoms with Crippen molar-refractivity contribution >= 4 is 40.5 Å². The van der Waals surface area contributed by atoms with Crippen LogP contribution in [-0.4, -0.2) is 98.6 Å². The highest BCUT2D eigenvalue weighted by atomic mass is 35.5. The zero-order valence-electron chi connectivity index (χ0n) is 24.2. The summed E-state index contributed by atoms with van der Waals surface area (Å²) in [5.41, 5.74) is 3.02. The summed E-state index contributed by atoms with van der Waals surface area (Å²) in [5, 5.41) is 22.3. The van der Waals surface area contributed by atoms with Crippen molar-refractivity contribution in [3.8, 4) is 6.07 Å². The molecule has 3 fully saturated rings. The van der Waals surface area contributed by atoms with E-state index in [0.29, 0.717) is 47.9 Å². The predicted molar refractivity (Wildman–Crippen MR) is 164 cm³/mol. The number of nitrogens with one attached hydrogen (secondary N) is 1. The highest BCUT2D eigenvalue weighted by Gasteiger charge is 2.45. The fourth-order valence-electron chi connectivity index (χ4n) is 6.00. The fourth-order valence-corrected chi connectivity index (χ4v) is 6.11. The minimum absolute atomic E-state index is 0.0556. The van der Waals surface area contributed by atoms with Gasteiger partial charge in [-0.15, -0.1) is 5.10 Å². The van der Waals surface area contributed by atoms with E-state index >= 15 is 0 Å². The maximum absolute atomic E-state index is 12.9. The van der Waals surface area contributed by atoms with E-state index in [-0.39, 0.29) is 17.9 Å².